The highest BCUT2D eigenvalue weighted by Crippen LogP contribution is 2.64. The molecule has 0 N–H and O–H groups in total. The Morgan fingerprint density at radius 3 is 1.69 bits per heavy atom. The largest absolute Gasteiger partial charge is 0.123 e. The lowest BCUT2D eigenvalue weighted by Crippen LogP contribution is -1.77. The molecule has 0 atom stereocenters. The summed E-state index contributed by atoms with van der Waals surface area (Å²) in [6.45, 7) is 0. The van der Waals surface area contributed by atoms with Gasteiger partial charge in [0.25, 0.3) is 0 Å². The lowest BCUT2D eigenvalue weighted by atomic mass is 10.1. The maximum absolute atomic E-state index is 6.31. The summed E-state index contributed by atoms with van der Waals surface area (Å²) < 4.78 is 1.73. The molecule has 130 valence electrons. The highest BCUT2D eigenvalue weighted by atomic mass is 35.5. The summed E-state index contributed by atoms with van der Waals surface area (Å²) >= 11 is 16.0. The highest BCUT2D eigenvalue weighted by Gasteiger charge is 2.30. The molecule has 0 saturated carbocycles. The van der Waals surface area contributed by atoms with Crippen molar-refractivity contribution in [1.29, 1.82) is 0 Å². The van der Waals surface area contributed by atoms with Crippen LogP contribution in [0.2, 0.25) is 8.67 Å². The number of fused-ring (bicyclic) bond motifs is 1. The standard InChI is InChI=1S/C21H15Cl2PS2/c22-18-11-9-16(25-18)20-14-7-4-8-15(14)21(17-10-12-19(23)26-17)24(20)13-5-2-1-3-6-13/h1-3,5-6,9-12H,4,7-8H2. The fourth-order valence-electron chi connectivity index (χ4n) is 3.88. The molecular formula is C21H15Cl2PS2. The van der Waals surface area contributed by atoms with Crippen LogP contribution in [0, 0.1) is 0 Å². The van der Waals surface area contributed by atoms with E-state index < -0.39 is 7.53 Å². The molecule has 0 spiro atoms. The smallest absolute Gasteiger partial charge is 0.0935 e. The molecule has 0 bridgehead atoms. The Balaban J connectivity index is 1.88. The van der Waals surface area contributed by atoms with Crippen LogP contribution in [0.4, 0.5) is 0 Å². The molecule has 1 aliphatic rings. The molecule has 1 aliphatic carbocycles. The van der Waals surface area contributed by atoms with Crippen LogP contribution in [0.15, 0.2) is 54.6 Å². The van der Waals surface area contributed by atoms with Crippen LogP contribution in [0.25, 0.3) is 25.6 Å². The molecule has 0 unspecified atom stereocenters. The van der Waals surface area contributed by atoms with Crippen LogP contribution in [0.5, 0.6) is 0 Å². The minimum Gasteiger partial charge on any atom is -0.123 e. The molecular weight excluding hydrogens is 418 g/mol. The van der Waals surface area contributed by atoms with Gasteiger partial charge in [0.15, 0.2) is 0 Å². The van der Waals surface area contributed by atoms with E-state index in [-0.39, 0.29) is 0 Å². The first kappa shape index (κ1) is 17.1. The van der Waals surface area contributed by atoms with Crippen molar-refractivity contribution in [3.05, 3.63) is 74.4 Å². The van der Waals surface area contributed by atoms with Gasteiger partial charge in [-0.25, -0.2) is 0 Å². The fourth-order valence-corrected chi connectivity index (χ4v) is 9.57. The van der Waals surface area contributed by atoms with Crippen molar-refractivity contribution in [1.82, 2.24) is 0 Å². The average molecular weight is 433 g/mol. The molecule has 5 heteroatoms. The molecule has 0 nitrogen and oxygen atoms in total. The van der Waals surface area contributed by atoms with Crippen molar-refractivity contribution < 1.29 is 0 Å². The number of halogens is 2. The summed E-state index contributed by atoms with van der Waals surface area (Å²) in [5, 5.41) is 4.46. The Morgan fingerprint density at radius 2 is 1.23 bits per heavy atom. The Hall–Kier alpha value is -1.02. The van der Waals surface area contributed by atoms with Gasteiger partial charge in [-0.05, 0) is 60.0 Å². The molecule has 0 aliphatic heterocycles. The van der Waals surface area contributed by atoms with Gasteiger partial charge >= 0.3 is 0 Å². The summed E-state index contributed by atoms with van der Waals surface area (Å²) in [5.74, 6) is 0. The molecule has 3 heterocycles. The molecule has 0 radical (unpaired) electrons. The lowest BCUT2D eigenvalue weighted by Gasteiger charge is -2.11. The average Bonchev–Trinajstić information content (AvgIpc) is 3.40. The second kappa shape index (κ2) is 6.86. The van der Waals surface area contributed by atoms with Gasteiger partial charge < -0.3 is 0 Å². The first-order chi connectivity index (χ1) is 12.7. The third kappa shape index (κ3) is 2.80. The second-order valence-electron chi connectivity index (χ2n) is 6.39. The van der Waals surface area contributed by atoms with E-state index in [1.807, 2.05) is 12.1 Å². The van der Waals surface area contributed by atoms with E-state index in [9.17, 15) is 0 Å². The minimum absolute atomic E-state index is 0.563. The second-order valence-corrected chi connectivity index (χ2v) is 11.9. The van der Waals surface area contributed by atoms with Gasteiger partial charge in [-0.15, -0.1) is 22.7 Å². The summed E-state index contributed by atoms with van der Waals surface area (Å²) in [5.41, 5.74) is 3.14. The molecule has 3 aromatic heterocycles. The van der Waals surface area contributed by atoms with Crippen molar-refractivity contribution >= 4 is 53.4 Å². The topological polar surface area (TPSA) is 0 Å². The van der Waals surface area contributed by atoms with E-state index in [1.54, 1.807) is 33.8 Å². The van der Waals surface area contributed by atoms with Crippen molar-refractivity contribution in [2.75, 3.05) is 0 Å². The SMILES string of the molecule is Clc1ccc(-c2c3c(c(-c4ccc(Cl)s4)p2-c2ccccc2)CCC3)s1. The summed E-state index contributed by atoms with van der Waals surface area (Å²) in [4.78, 5) is 2.66. The highest BCUT2D eigenvalue weighted by molar-refractivity contribution is 7.64. The number of benzene rings is 1. The zero-order valence-electron chi connectivity index (χ0n) is 13.8. The first-order valence-electron chi connectivity index (χ1n) is 8.55. The van der Waals surface area contributed by atoms with Crippen LogP contribution < -0.4 is 0 Å². The van der Waals surface area contributed by atoms with Gasteiger partial charge in [-0.2, -0.15) is 0 Å². The van der Waals surface area contributed by atoms with Crippen molar-refractivity contribution in [3.63, 3.8) is 0 Å². The summed E-state index contributed by atoms with van der Waals surface area (Å²) in [6, 6.07) is 19.4. The van der Waals surface area contributed by atoms with Crippen molar-refractivity contribution in [3.8, 4) is 25.6 Å². The Labute approximate surface area is 172 Å². The van der Waals surface area contributed by atoms with Gasteiger partial charge in [0.05, 0.1) is 8.67 Å². The van der Waals surface area contributed by atoms with E-state index in [1.165, 1.54) is 44.9 Å². The summed E-state index contributed by atoms with van der Waals surface area (Å²) in [7, 11) is -0.563. The summed E-state index contributed by atoms with van der Waals surface area (Å²) in [6.07, 6.45) is 3.59. The van der Waals surface area contributed by atoms with Gasteiger partial charge in [-0.3, -0.25) is 0 Å². The van der Waals surface area contributed by atoms with E-state index in [0.717, 1.165) is 8.67 Å². The monoisotopic (exact) mass is 432 g/mol. The number of rotatable bonds is 3. The van der Waals surface area contributed by atoms with Crippen LogP contribution in [0.1, 0.15) is 17.5 Å². The third-order valence-corrected chi connectivity index (χ3v) is 10.4. The Bertz CT molecular complexity index is 1020. The maximum atomic E-state index is 6.31. The molecule has 5 rings (SSSR count). The first-order valence-corrected chi connectivity index (χ1v) is 12.3. The van der Waals surface area contributed by atoms with Crippen LogP contribution in [-0.4, -0.2) is 0 Å². The predicted octanol–water partition coefficient (Wildman–Crippen LogP) is 8.91. The van der Waals surface area contributed by atoms with E-state index in [2.05, 4.69) is 42.5 Å². The molecule has 0 fully saturated rings. The van der Waals surface area contributed by atoms with Crippen molar-refractivity contribution in [2.24, 2.45) is 0 Å². The zero-order valence-corrected chi connectivity index (χ0v) is 17.9. The fraction of sp³-hybridized carbons (Fsp3) is 0.143. The lowest BCUT2D eigenvalue weighted by molar-refractivity contribution is 0.912. The third-order valence-electron chi connectivity index (χ3n) is 4.86. The van der Waals surface area contributed by atoms with Gasteiger partial charge in [0.1, 0.15) is 0 Å². The zero-order chi connectivity index (χ0) is 17.7. The van der Waals surface area contributed by atoms with Crippen molar-refractivity contribution in [2.45, 2.75) is 19.3 Å². The molecule has 4 aromatic rings. The Kier molecular flexibility index (Phi) is 4.51. The van der Waals surface area contributed by atoms with E-state index in [4.69, 9.17) is 23.2 Å². The normalized spacial score (nSPS) is 13.3. The predicted molar refractivity (Wildman–Crippen MR) is 119 cm³/mol. The van der Waals surface area contributed by atoms with E-state index >= 15 is 0 Å². The molecule has 0 amide bonds. The quantitative estimate of drug-likeness (QED) is 0.303. The van der Waals surface area contributed by atoms with Gasteiger partial charge in [-0.1, -0.05) is 61.1 Å². The van der Waals surface area contributed by atoms with Crippen LogP contribution in [-0.2, 0) is 12.8 Å². The molecule has 1 aromatic carbocycles. The Morgan fingerprint density at radius 1 is 0.692 bits per heavy atom. The number of hydrogen-bond donors (Lipinski definition) is 0. The van der Waals surface area contributed by atoms with Crippen LogP contribution >= 0.6 is 53.4 Å². The molecule has 26 heavy (non-hydrogen) atoms. The van der Waals surface area contributed by atoms with Gasteiger partial charge in [0, 0.05) is 20.3 Å². The van der Waals surface area contributed by atoms with E-state index in [0.29, 0.717) is 0 Å². The minimum atomic E-state index is -0.563. The van der Waals surface area contributed by atoms with Gasteiger partial charge in [0.2, 0.25) is 0 Å². The van der Waals surface area contributed by atoms with Crippen LogP contribution in [0.3, 0.4) is 0 Å². The maximum Gasteiger partial charge on any atom is 0.0935 e. The molecule has 0 saturated heterocycles. The number of hydrogen-bond acceptors (Lipinski definition) is 2. The number of thiophene rings is 2.